The SMILES string of the molecule is CCOC(=O)CNC(=O)N1CCC(CCC(=O)Nc2ccccc2)CC1. The fourth-order valence-electron chi connectivity index (χ4n) is 2.98. The highest BCUT2D eigenvalue weighted by atomic mass is 16.5. The number of ether oxygens (including phenoxy) is 1. The lowest BCUT2D eigenvalue weighted by Crippen LogP contribution is -2.46. The first-order valence-electron chi connectivity index (χ1n) is 9.11. The molecule has 1 saturated heterocycles. The van der Waals surface area contributed by atoms with E-state index in [0.717, 1.165) is 24.9 Å². The lowest BCUT2D eigenvalue weighted by molar-refractivity contribution is -0.141. The molecule has 1 aromatic carbocycles. The van der Waals surface area contributed by atoms with E-state index in [1.54, 1.807) is 11.8 Å². The van der Waals surface area contributed by atoms with Crippen molar-refractivity contribution in [3.8, 4) is 0 Å². The van der Waals surface area contributed by atoms with Gasteiger partial charge in [-0.3, -0.25) is 9.59 Å². The van der Waals surface area contributed by atoms with Gasteiger partial charge in [-0.1, -0.05) is 18.2 Å². The van der Waals surface area contributed by atoms with Crippen molar-refractivity contribution >= 4 is 23.6 Å². The lowest BCUT2D eigenvalue weighted by Gasteiger charge is -2.31. The second kappa shape index (κ2) is 10.4. The maximum absolute atomic E-state index is 12.0. The van der Waals surface area contributed by atoms with Gasteiger partial charge in [0, 0.05) is 25.2 Å². The Hall–Kier alpha value is -2.57. The number of urea groups is 1. The summed E-state index contributed by atoms with van der Waals surface area (Å²) in [5, 5.41) is 5.47. The van der Waals surface area contributed by atoms with Crippen molar-refractivity contribution in [2.24, 2.45) is 5.92 Å². The number of amides is 3. The van der Waals surface area contributed by atoms with Crippen LogP contribution < -0.4 is 10.6 Å². The van der Waals surface area contributed by atoms with Gasteiger partial charge in [0.1, 0.15) is 6.54 Å². The van der Waals surface area contributed by atoms with Crippen LogP contribution in [0, 0.1) is 5.92 Å². The summed E-state index contributed by atoms with van der Waals surface area (Å²) in [5.74, 6) is 0.0246. The van der Waals surface area contributed by atoms with E-state index >= 15 is 0 Å². The summed E-state index contributed by atoms with van der Waals surface area (Å²) in [5.41, 5.74) is 0.811. The van der Waals surface area contributed by atoms with Gasteiger partial charge < -0.3 is 20.3 Å². The maximum Gasteiger partial charge on any atom is 0.325 e. The molecular weight excluding hydrogens is 334 g/mol. The zero-order valence-corrected chi connectivity index (χ0v) is 15.2. The molecule has 0 radical (unpaired) electrons. The van der Waals surface area contributed by atoms with Crippen LogP contribution in [0.2, 0.25) is 0 Å². The Kier molecular flexibility index (Phi) is 7.92. The van der Waals surface area contributed by atoms with Crippen LogP contribution in [0.1, 0.15) is 32.6 Å². The Morgan fingerprint density at radius 3 is 2.50 bits per heavy atom. The second-order valence-electron chi connectivity index (χ2n) is 6.35. The van der Waals surface area contributed by atoms with Crippen LogP contribution in [0.3, 0.4) is 0 Å². The number of hydrogen-bond donors (Lipinski definition) is 2. The van der Waals surface area contributed by atoms with Crippen molar-refractivity contribution in [1.82, 2.24) is 10.2 Å². The number of piperidine rings is 1. The van der Waals surface area contributed by atoms with Crippen molar-refractivity contribution in [1.29, 1.82) is 0 Å². The Bertz CT molecular complexity index is 598. The quantitative estimate of drug-likeness (QED) is 0.730. The first-order chi connectivity index (χ1) is 12.6. The highest BCUT2D eigenvalue weighted by molar-refractivity contribution is 5.90. The predicted octanol–water partition coefficient (Wildman–Crippen LogP) is 2.39. The lowest BCUT2D eigenvalue weighted by atomic mass is 9.92. The number of anilines is 1. The molecule has 0 aliphatic carbocycles. The third kappa shape index (κ3) is 6.74. The van der Waals surface area contributed by atoms with Crippen molar-refractivity contribution in [2.75, 3.05) is 31.6 Å². The number of rotatable bonds is 7. The van der Waals surface area contributed by atoms with E-state index in [4.69, 9.17) is 4.74 Å². The highest BCUT2D eigenvalue weighted by Crippen LogP contribution is 2.22. The number of nitrogens with one attached hydrogen (secondary N) is 2. The second-order valence-corrected chi connectivity index (χ2v) is 6.35. The molecule has 0 unspecified atom stereocenters. The van der Waals surface area contributed by atoms with E-state index in [9.17, 15) is 14.4 Å². The highest BCUT2D eigenvalue weighted by Gasteiger charge is 2.23. The van der Waals surface area contributed by atoms with E-state index in [2.05, 4.69) is 10.6 Å². The average Bonchev–Trinajstić information content (AvgIpc) is 2.66. The number of carbonyl (C=O) groups excluding carboxylic acids is 3. The number of carbonyl (C=O) groups is 3. The molecule has 1 fully saturated rings. The first kappa shape index (κ1) is 19.8. The Morgan fingerprint density at radius 2 is 1.85 bits per heavy atom. The number of para-hydroxylation sites is 1. The Balaban J connectivity index is 1.62. The molecule has 2 N–H and O–H groups in total. The number of likely N-dealkylation sites (tertiary alicyclic amines) is 1. The van der Waals surface area contributed by atoms with Crippen molar-refractivity contribution in [3.63, 3.8) is 0 Å². The summed E-state index contributed by atoms with van der Waals surface area (Å²) in [4.78, 5) is 37.0. The molecule has 0 atom stereocenters. The van der Waals surface area contributed by atoms with Gasteiger partial charge in [-0.25, -0.2) is 4.79 Å². The van der Waals surface area contributed by atoms with Crippen molar-refractivity contribution in [3.05, 3.63) is 30.3 Å². The first-order valence-corrected chi connectivity index (χ1v) is 9.11. The van der Waals surface area contributed by atoms with Gasteiger partial charge in [0.15, 0.2) is 0 Å². The van der Waals surface area contributed by atoms with Gasteiger partial charge in [0.05, 0.1) is 6.61 Å². The fourth-order valence-corrected chi connectivity index (χ4v) is 2.98. The van der Waals surface area contributed by atoms with Crippen LogP contribution in [0.5, 0.6) is 0 Å². The van der Waals surface area contributed by atoms with Crippen LogP contribution in [0.25, 0.3) is 0 Å². The molecule has 0 aromatic heterocycles. The topological polar surface area (TPSA) is 87.7 Å². The molecule has 1 aromatic rings. The largest absolute Gasteiger partial charge is 0.465 e. The molecule has 1 aliphatic rings. The van der Waals surface area contributed by atoms with E-state index in [-0.39, 0.29) is 18.5 Å². The Morgan fingerprint density at radius 1 is 1.15 bits per heavy atom. The predicted molar refractivity (Wildman–Crippen MR) is 98.6 cm³/mol. The van der Waals surface area contributed by atoms with Gasteiger partial charge in [0.25, 0.3) is 0 Å². The molecule has 7 heteroatoms. The van der Waals surface area contributed by atoms with Gasteiger partial charge in [-0.2, -0.15) is 0 Å². The molecule has 7 nitrogen and oxygen atoms in total. The number of esters is 1. The zero-order chi connectivity index (χ0) is 18.8. The minimum atomic E-state index is -0.430. The van der Waals surface area contributed by atoms with E-state index < -0.39 is 5.97 Å². The van der Waals surface area contributed by atoms with Crippen LogP contribution in [-0.4, -0.2) is 49.0 Å². The van der Waals surface area contributed by atoms with Crippen LogP contribution in [-0.2, 0) is 14.3 Å². The Labute approximate surface area is 154 Å². The summed E-state index contributed by atoms with van der Waals surface area (Å²) in [6, 6.07) is 9.18. The summed E-state index contributed by atoms with van der Waals surface area (Å²) in [7, 11) is 0. The van der Waals surface area contributed by atoms with E-state index in [1.807, 2.05) is 30.3 Å². The number of hydrogen-bond acceptors (Lipinski definition) is 4. The summed E-state index contributed by atoms with van der Waals surface area (Å²) in [6.07, 6.45) is 3.03. The molecule has 26 heavy (non-hydrogen) atoms. The standard InChI is InChI=1S/C19H27N3O4/c1-2-26-18(24)14-20-19(25)22-12-10-15(11-13-22)8-9-17(23)21-16-6-4-3-5-7-16/h3-7,15H,2,8-14H2,1H3,(H,20,25)(H,21,23). The number of nitrogens with zero attached hydrogens (tertiary/aromatic N) is 1. The van der Waals surface area contributed by atoms with E-state index in [1.165, 1.54) is 0 Å². The molecular formula is C19H27N3O4. The zero-order valence-electron chi connectivity index (χ0n) is 15.2. The molecule has 1 heterocycles. The molecule has 2 rings (SSSR count). The molecule has 1 aliphatic heterocycles. The minimum Gasteiger partial charge on any atom is -0.465 e. The normalized spacial score (nSPS) is 14.6. The van der Waals surface area contributed by atoms with E-state index in [0.29, 0.717) is 32.0 Å². The molecule has 3 amide bonds. The monoisotopic (exact) mass is 361 g/mol. The smallest absolute Gasteiger partial charge is 0.325 e. The maximum atomic E-state index is 12.0. The molecule has 0 bridgehead atoms. The van der Waals surface area contributed by atoms with Gasteiger partial charge in [0.2, 0.25) is 5.91 Å². The van der Waals surface area contributed by atoms with Crippen LogP contribution >= 0.6 is 0 Å². The third-order valence-electron chi connectivity index (χ3n) is 4.43. The average molecular weight is 361 g/mol. The molecule has 0 saturated carbocycles. The summed E-state index contributed by atoms with van der Waals surface area (Å²) >= 11 is 0. The van der Waals surface area contributed by atoms with Crippen LogP contribution in [0.15, 0.2) is 30.3 Å². The fraction of sp³-hybridized carbons (Fsp3) is 0.526. The number of benzene rings is 1. The summed E-state index contributed by atoms with van der Waals surface area (Å²) in [6.45, 7) is 3.20. The summed E-state index contributed by atoms with van der Waals surface area (Å²) < 4.78 is 4.78. The van der Waals surface area contributed by atoms with Crippen molar-refractivity contribution < 1.29 is 19.1 Å². The minimum absolute atomic E-state index is 0.0193. The molecule has 142 valence electrons. The van der Waals surface area contributed by atoms with Crippen LogP contribution in [0.4, 0.5) is 10.5 Å². The molecule has 0 spiro atoms. The van der Waals surface area contributed by atoms with Gasteiger partial charge in [-0.15, -0.1) is 0 Å². The van der Waals surface area contributed by atoms with Gasteiger partial charge in [-0.05, 0) is 44.2 Å². The third-order valence-corrected chi connectivity index (χ3v) is 4.43. The van der Waals surface area contributed by atoms with Crippen molar-refractivity contribution in [2.45, 2.75) is 32.6 Å². The van der Waals surface area contributed by atoms with Gasteiger partial charge >= 0.3 is 12.0 Å².